The minimum atomic E-state index is -0.0408. The number of ether oxygens (including phenoxy) is 2. The summed E-state index contributed by atoms with van der Waals surface area (Å²) in [6, 6.07) is 7.66. The molecule has 0 amide bonds. The highest BCUT2D eigenvalue weighted by atomic mass is 16.5. The Morgan fingerprint density at radius 1 is 1.20 bits per heavy atom. The number of para-hydroxylation sites is 2. The van der Waals surface area contributed by atoms with Crippen LogP contribution in [0.2, 0.25) is 0 Å². The Hall–Kier alpha value is -1.22. The predicted octanol–water partition coefficient (Wildman–Crippen LogP) is 2.07. The zero-order valence-electron chi connectivity index (χ0n) is 9.83. The van der Waals surface area contributed by atoms with Crippen LogP contribution in [0.4, 0.5) is 0 Å². The average Bonchev–Trinajstić information content (AvgIpc) is 2.27. The van der Waals surface area contributed by atoms with Crippen LogP contribution in [0, 0.1) is 0 Å². The summed E-state index contributed by atoms with van der Waals surface area (Å²) in [5.74, 6) is 1.55. The summed E-state index contributed by atoms with van der Waals surface area (Å²) in [6.45, 7) is 4.77. The van der Waals surface area contributed by atoms with Crippen LogP contribution in [-0.4, -0.2) is 26.3 Å². The van der Waals surface area contributed by atoms with E-state index >= 15 is 0 Å². The molecular formula is C12H19NO2. The summed E-state index contributed by atoms with van der Waals surface area (Å²) in [5.41, 5.74) is -0.0408. The number of nitrogens with one attached hydrogen (secondary N) is 1. The lowest BCUT2D eigenvalue weighted by Crippen LogP contribution is -2.42. The van der Waals surface area contributed by atoms with Gasteiger partial charge in [-0.3, -0.25) is 0 Å². The Morgan fingerprint density at radius 2 is 1.80 bits per heavy atom. The van der Waals surface area contributed by atoms with Crippen LogP contribution in [0.3, 0.4) is 0 Å². The molecule has 0 spiro atoms. The van der Waals surface area contributed by atoms with Gasteiger partial charge in [0.2, 0.25) is 0 Å². The van der Waals surface area contributed by atoms with Crippen LogP contribution in [0.5, 0.6) is 11.5 Å². The van der Waals surface area contributed by atoms with Gasteiger partial charge >= 0.3 is 0 Å². The summed E-state index contributed by atoms with van der Waals surface area (Å²) in [4.78, 5) is 0. The topological polar surface area (TPSA) is 30.5 Å². The maximum atomic E-state index is 5.70. The van der Waals surface area contributed by atoms with E-state index in [9.17, 15) is 0 Å². The first-order valence-electron chi connectivity index (χ1n) is 5.04. The van der Waals surface area contributed by atoms with Gasteiger partial charge < -0.3 is 14.8 Å². The highest BCUT2D eigenvalue weighted by Gasteiger charge is 2.16. The van der Waals surface area contributed by atoms with Crippen molar-refractivity contribution in [3.8, 4) is 11.5 Å². The van der Waals surface area contributed by atoms with Gasteiger partial charge in [-0.25, -0.2) is 0 Å². The van der Waals surface area contributed by atoms with Crippen LogP contribution in [-0.2, 0) is 0 Å². The fourth-order valence-corrected chi connectivity index (χ4v) is 1.07. The van der Waals surface area contributed by atoms with Crippen molar-refractivity contribution in [3.05, 3.63) is 24.3 Å². The van der Waals surface area contributed by atoms with Gasteiger partial charge in [-0.05, 0) is 33.0 Å². The number of likely N-dealkylation sites (N-methyl/N-ethyl adjacent to an activating group) is 1. The molecule has 0 aromatic heterocycles. The van der Waals surface area contributed by atoms with Crippen molar-refractivity contribution in [2.75, 3.05) is 20.8 Å². The third kappa shape index (κ3) is 3.44. The summed E-state index contributed by atoms with van der Waals surface area (Å²) in [7, 11) is 3.57. The van der Waals surface area contributed by atoms with E-state index in [1.165, 1.54) is 0 Å². The highest BCUT2D eigenvalue weighted by Crippen LogP contribution is 2.26. The number of benzene rings is 1. The molecule has 0 bridgehead atoms. The molecule has 0 unspecified atom stereocenters. The van der Waals surface area contributed by atoms with E-state index in [1.807, 2.05) is 31.3 Å². The molecule has 1 rings (SSSR count). The van der Waals surface area contributed by atoms with Gasteiger partial charge in [0.25, 0.3) is 0 Å². The Labute approximate surface area is 91.4 Å². The molecule has 1 aromatic carbocycles. The molecule has 0 aliphatic rings. The lowest BCUT2D eigenvalue weighted by Gasteiger charge is -2.24. The Balaban J connectivity index is 2.65. The second-order valence-corrected chi connectivity index (χ2v) is 4.07. The first kappa shape index (κ1) is 11.9. The minimum Gasteiger partial charge on any atom is -0.493 e. The molecule has 84 valence electrons. The van der Waals surface area contributed by atoms with Crippen LogP contribution < -0.4 is 14.8 Å². The van der Waals surface area contributed by atoms with E-state index in [1.54, 1.807) is 7.11 Å². The van der Waals surface area contributed by atoms with Crippen LogP contribution in [0.15, 0.2) is 24.3 Å². The average molecular weight is 209 g/mol. The molecule has 3 nitrogen and oxygen atoms in total. The molecule has 0 aliphatic heterocycles. The largest absolute Gasteiger partial charge is 0.493 e. The Kier molecular flexibility index (Phi) is 3.97. The second kappa shape index (κ2) is 5.03. The molecule has 3 heteroatoms. The van der Waals surface area contributed by atoms with Crippen molar-refractivity contribution >= 4 is 0 Å². The van der Waals surface area contributed by atoms with Crippen molar-refractivity contribution in [1.29, 1.82) is 0 Å². The summed E-state index contributed by atoms with van der Waals surface area (Å²) in [5, 5.41) is 3.18. The van der Waals surface area contributed by atoms with Gasteiger partial charge in [-0.2, -0.15) is 0 Å². The maximum absolute atomic E-state index is 5.70. The highest BCUT2D eigenvalue weighted by molar-refractivity contribution is 5.39. The molecule has 0 radical (unpaired) electrons. The number of hydrogen-bond acceptors (Lipinski definition) is 3. The van der Waals surface area contributed by atoms with Gasteiger partial charge in [-0.1, -0.05) is 12.1 Å². The lowest BCUT2D eigenvalue weighted by molar-refractivity contribution is 0.210. The van der Waals surface area contributed by atoms with Gasteiger partial charge in [0.05, 0.1) is 7.11 Å². The minimum absolute atomic E-state index is 0.0408. The molecule has 0 atom stereocenters. The van der Waals surface area contributed by atoms with Gasteiger partial charge in [0.1, 0.15) is 6.61 Å². The monoisotopic (exact) mass is 209 g/mol. The predicted molar refractivity (Wildman–Crippen MR) is 61.6 cm³/mol. The molecule has 1 aromatic rings. The summed E-state index contributed by atoms with van der Waals surface area (Å²) in [6.07, 6.45) is 0. The first-order chi connectivity index (χ1) is 7.09. The van der Waals surface area contributed by atoms with Crippen LogP contribution in [0.25, 0.3) is 0 Å². The van der Waals surface area contributed by atoms with E-state index in [-0.39, 0.29) is 5.54 Å². The molecule has 0 saturated heterocycles. The first-order valence-corrected chi connectivity index (χ1v) is 5.04. The fraction of sp³-hybridized carbons (Fsp3) is 0.500. The third-order valence-corrected chi connectivity index (χ3v) is 2.33. The lowest BCUT2D eigenvalue weighted by atomic mass is 10.1. The fourth-order valence-electron chi connectivity index (χ4n) is 1.07. The smallest absolute Gasteiger partial charge is 0.161 e. The quantitative estimate of drug-likeness (QED) is 0.805. The van der Waals surface area contributed by atoms with Crippen molar-refractivity contribution in [3.63, 3.8) is 0 Å². The second-order valence-electron chi connectivity index (χ2n) is 4.07. The standard InChI is InChI=1S/C12H19NO2/c1-12(2,13-3)9-15-11-8-6-5-7-10(11)14-4/h5-8,13H,9H2,1-4H3. The zero-order chi connectivity index (χ0) is 11.3. The van der Waals surface area contributed by atoms with E-state index in [4.69, 9.17) is 9.47 Å². The van der Waals surface area contributed by atoms with E-state index in [2.05, 4.69) is 19.2 Å². The normalized spacial score (nSPS) is 11.2. The van der Waals surface area contributed by atoms with Crippen molar-refractivity contribution in [2.45, 2.75) is 19.4 Å². The zero-order valence-corrected chi connectivity index (χ0v) is 9.83. The Bertz CT molecular complexity index is 310. The van der Waals surface area contributed by atoms with Gasteiger partial charge in [0, 0.05) is 5.54 Å². The van der Waals surface area contributed by atoms with Gasteiger partial charge in [0.15, 0.2) is 11.5 Å². The number of methoxy groups -OCH3 is 1. The van der Waals surface area contributed by atoms with E-state index < -0.39 is 0 Å². The van der Waals surface area contributed by atoms with Crippen molar-refractivity contribution in [1.82, 2.24) is 5.32 Å². The van der Waals surface area contributed by atoms with E-state index in [0.717, 1.165) is 11.5 Å². The van der Waals surface area contributed by atoms with Crippen LogP contribution >= 0.6 is 0 Å². The van der Waals surface area contributed by atoms with Crippen molar-refractivity contribution < 1.29 is 9.47 Å². The molecule has 15 heavy (non-hydrogen) atoms. The molecule has 0 saturated carbocycles. The third-order valence-electron chi connectivity index (χ3n) is 2.33. The molecular weight excluding hydrogens is 190 g/mol. The molecule has 0 fully saturated rings. The van der Waals surface area contributed by atoms with E-state index in [0.29, 0.717) is 6.61 Å². The molecule has 0 heterocycles. The SMILES string of the molecule is CNC(C)(C)COc1ccccc1OC. The number of rotatable bonds is 5. The van der Waals surface area contributed by atoms with Crippen molar-refractivity contribution in [2.24, 2.45) is 0 Å². The Morgan fingerprint density at radius 3 is 2.33 bits per heavy atom. The molecule has 0 aliphatic carbocycles. The maximum Gasteiger partial charge on any atom is 0.161 e. The summed E-state index contributed by atoms with van der Waals surface area (Å²) >= 11 is 0. The van der Waals surface area contributed by atoms with Gasteiger partial charge in [-0.15, -0.1) is 0 Å². The summed E-state index contributed by atoms with van der Waals surface area (Å²) < 4.78 is 10.9. The number of hydrogen-bond donors (Lipinski definition) is 1. The van der Waals surface area contributed by atoms with Crippen LogP contribution in [0.1, 0.15) is 13.8 Å². The molecule has 1 N–H and O–H groups in total.